The molecule has 0 amide bonds. The number of esters is 1. The molecule has 11 heteroatoms. The molecule has 1 aromatic carbocycles. The van der Waals surface area contributed by atoms with Crippen LogP contribution in [-0.4, -0.2) is 54.8 Å². The molecule has 0 aliphatic carbocycles. The van der Waals surface area contributed by atoms with Crippen molar-refractivity contribution in [2.45, 2.75) is 22.9 Å². The molecule has 158 valence electrons. The van der Waals surface area contributed by atoms with Crippen molar-refractivity contribution in [1.82, 2.24) is 9.97 Å². The van der Waals surface area contributed by atoms with Gasteiger partial charge >= 0.3 is 5.97 Å². The molecule has 0 bridgehead atoms. The standard InChI is InChI=1S/C19H20N4O4S3/c1-3-27-16(24)10-13-11-21-18(29-13)14-9-12-5-4-6-15(17(12)22-14)23(2)30(25,26)19-20-7-8-28-19/h4-9,13,22H,3,10-11H2,1-2H3. The van der Waals surface area contributed by atoms with E-state index in [0.29, 0.717) is 30.8 Å². The molecule has 1 aliphatic rings. The number of aliphatic imine (C=N–C) groups is 1. The van der Waals surface area contributed by atoms with Crippen molar-refractivity contribution < 1.29 is 17.9 Å². The van der Waals surface area contributed by atoms with Gasteiger partial charge in [0.15, 0.2) is 0 Å². The number of aromatic amines is 1. The van der Waals surface area contributed by atoms with Crippen molar-refractivity contribution >= 4 is 60.7 Å². The Labute approximate surface area is 182 Å². The molecule has 0 radical (unpaired) electrons. The molecule has 1 aliphatic heterocycles. The first kappa shape index (κ1) is 20.9. The van der Waals surface area contributed by atoms with Gasteiger partial charge in [0.25, 0.3) is 10.0 Å². The lowest BCUT2D eigenvalue weighted by molar-refractivity contribution is -0.143. The van der Waals surface area contributed by atoms with Gasteiger partial charge in [0, 0.05) is 29.3 Å². The SMILES string of the molecule is CCOC(=O)CC1CN=C(c2cc3cccc(N(C)S(=O)(=O)c4nccs4)c3[nH]2)S1. The number of nitrogens with one attached hydrogen (secondary N) is 1. The second-order valence-corrected chi connectivity index (χ2v) is 10.9. The maximum Gasteiger partial charge on any atom is 0.306 e. The Morgan fingerprint density at radius 2 is 2.23 bits per heavy atom. The van der Waals surface area contributed by atoms with Crippen LogP contribution in [0.1, 0.15) is 19.0 Å². The Morgan fingerprint density at radius 3 is 2.97 bits per heavy atom. The van der Waals surface area contributed by atoms with E-state index in [-0.39, 0.29) is 15.6 Å². The minimum Gasteiger partial charge on any atom is -0.466 e. The van der Waals surface area contributed by atoms with E-state index in [2.05, 4.69) is 15.0 Å². The summed E-state index contributed by atoms with van der Waals surface area (Å²) >= 11 is 2.61. The van der Waals surface area contributed by atoms with E-state index in [9.17, 15) is 13.2 Å². The molecular weight excluding hydrogens is 444 g/mol. The van der Waals surface area contributed by atoms with Gasteiger partial charge in [0.1, 0.15) is 5.04 Å². The van der Waals surface area contributed by atoms with Gasteiger partial charge < -0.3 is 9.72 Å². The van der Waals surface area contributed by atoms with Gasteiger partial charge in [-0.1, -0.05) is 23.9 Å². The average molecular weight is 465 g/mol. The summed E-state index contributed by atoms with van der Waals surface area (Å²) in [4.78, 5) is 23.6. The normalized spacial score (nSPS) is 16.6. The summed E-state index contributed by atoms with van der Waals surface area (Å²) in [7, 11) is -2.23. The van der Waals surface area contributed by atoms with Gasteiger partial charge in [0.05, 0.1) is 36.5 Å². The van der Waals surface area contributed by atoms with Crippen molar-refractivity contribution in [2.24, 2.45) is 4.99 Å². The van der Waals surface area contributed by atoms with E-state index in [1.807, 2.05) is 18.2 Å². The third kappa shape index (κ3) is 3.96. The number of ether oxygens (including phenoxy) is 1. The predicted molar refractivity (Wildman–Crippen MR) is 120 cm³/mol. The number of benzene rings is 1. The van der Waals surface area contributed by atoms with E-state index < -0.39 is 10.0 Å². The summed E-state index contributed by atoms with van der Waals surface area (Å²) in [6.07, 6.45) is 1.78. The number of hydrogen-bond acceptors (Lipinski definition) is 8. The van der Waals surface area contributed by atoms with Gasteiger partial charge in [-0.2, -0.15) is 8.42 Å². The highest BCUT2D eigenvalue weighted by Crippen LogP contribution is 2.33. The fraction of sp³-hybridized carbons (Fsp3) is 0.316. The number of fused-ring (bicyclic) bond motifs is 1. The summed E-state index contributed by atoms with van der Waals surface area (Å²) in [5.74, 6) is -0.223. The lowest BCUT2D eigenvalue weighted by Gasteiger charge is -2.18. The van der Waals surface area contributed by atoms with E-state index in [1.165, 1.54) is 29.3 Å². The number of anilines is 1. The third-order valence-corrected chi connectivity index (χ3v) is 8.78. The van der Waals surface area contributed by atoms with Gasteiger partial charge in [-0.3, -0.25) is 14.1 Å². The van der Waals surface area contributed by atoms with Gasteiger partial charge in [-0.15, -0.1) is 11.3 Å². The first-order chi connectivity index (χ1) is 14.4. The number of para-hydroxylation sites is 1. The van der Waals surface area contributed by atoms with Crippen molar-refractivity contribution in [3.05, 3.63) is 41.5 Å². The molecule has 1 atom stereocenters. The maximum atomic E-state index is 12.9. The molecule has 8 nitrogen and oxygen atoms in total. The second-order valence-electron chi connectivity index (χ2n) is 6.59. The van der Waals surface area contributed by atoms with Crippen molar-refractivity contribution in [3.63, 3.8) is 0 Å². The molecular formula is C19H20N4O4S3. The van der Waals surface area contributed by atoms with Crippen LogP contribution in [0.3, 0.4) is 0 Å². The van der Waals surface area contributed by atoms with Crippen LogP contribution in [0.15, 0.2) is 45.2 Å². The van der Waals surface area contributed by atoms with Crippen LogP contribution in [0.5, 0.6) is 0 Å². The zero-order valence-electron chi connectivity index (χ0n) is 16.4. The number of hydrogen-bond donors (Lipinski definition) is 1. The molecule has 0 fully saturated rings. The monoisotopic (exact) mass is 464 g/mol. The number of H-pyrrole nitrogens is 1. The zero-order chi connectivity index (χ0) is 21.3. The van der Waals surface area contributed by atoms with E-state index in [1.54, 1.807) is 18.4 Å². The number of thioether (sulfide) groups is 1. The van der Waals surface area contributed by atoms with Crippen molar-refractivity contribution in [3.8, 4) is 0 Å². The molecule has 3 heterocycles. The summed E-state index contributed by atoms with van der Waals surface area (Å²) in [5.41, 5.74) is 2.03. The number of thiazole rings is 1. The summed E-state index contributed by atoms with van der Waals surface area (Å²) in [6, 6.07) is 7.43. The summed E-state index contributed by atoms with van der Waals surface area (Å²) < 4.78 is 32.1. The third-order valence-electron chi connectivity index (χ3n) is 4.61. The molecule has 0 saturated heterocycles. The van der Waals surface area contributed by atoms with Gasteiger partial charge in [0.2, 0.25) is 4.34 Å². The van der Waals surface area contributed by atoms with Crippen molar-refractivity contribution in [2.75, 3.05) is 24.5 Å². The molecule has 0 spiro atoms. The molecule has 1 unspecified atom stereocenters. The maximum absolute atomic E-state index is 12.9. The van der Waals surface area contributed by atoms with Crippen molar-refractivity contribution in [1.29, 1.82) is 0 Å². The summed E-state index contributed by atoms with van der Waals surface area (Å²) in [6.45, 7) is 2.70. The van der Waals surface area contributed by atoms with Crippen LogP contribution in [0.2, 0.25) is 0 Å². The smallest absolute Gasteiger partial charge is 0.306 e. The topological polar surface area (TPSA) is 105 Å². The number of carbonyl (C=O) groups excluding carboxylic acids is 1. The number of carbonyl (C=O) groups is 1. The number of rotatable bonds is 7. The molecule has 4 rings (SSSR count). The Balaban J connectivity index is 1.60. The van der Waals surface area contributed by atoms with Gasteiger partial charge in [-0.05, 0) is 19.1 Å². The minimum atomic E-state index is -3.74. The number of nitrogens with zero attached hydrogens (tertiary/aromatic N) is 3. The first-order valence-electron chi connectivity index (χ1n) is 9.27. The van der Waals surface area contributed by atoms with Crippen LogP contribution in [0, 0.1) is 0 Å². The molecule has 2 aromatic heterocycles. The Morgan fingerprint density at radius 1 is 1.40 bits per heavy atom. The zero-order valence-corrected chi connectivity index (χ0v) is 18.8. The summed E-state index contributed by atoms with van der Waals surface area (Å²) in [5, 5.41) is 3.35. The van der Waals surface area contributed by atoms with Crippen LogP contribution in [0.25, 0.3) is 10.9 Å². The highest BCUT2D eigenvalue weighted by atomic mass is 32.2. The highest BCUT2D eigenvalue weighted by molar-refractivity contribution is 8.15. The number of sulfonamides is 1. The fourth-order valence-corrected chi connectivity index (χ4v) is 6.44. The molecule has 3 aromatic rings. The molecule has 1 N–H and O–H groups in total. The Hall–Kier alpha value is -2.37. The second kappa shape index (κ2) is 8.40. The Bertz CT molecular complexity index is 1200. The average Bonchev–Trinajstić information content (AvgIpc) is 3.46. The minimum absolute atomic E-state index is 0.0397. The lowest BCUT2D eigenvalue weighted by Crippen LogP contribution is -2.26. The van der Waals surface area contributed by atoms with E-state index in [0.717, 1.165) is 27.5 Å². The fourth-order valence-electron chi connectivity index (χ4n) is 3.18. The first-order valence-corrected chi connectivity index (χ1v) is 12.5. The van der Waals surface area contributed by atoms with Crippen LogP contribution >= 0.6 is 23.1 Å². The highest BCUT2D eigenvalue weighted by Gasteiger charge is 2.27. The Kier molecular flexibility index (Phi) is 5.85. The predicted octanol–water partition coefficient (Wildman–Crippen LogP) is 3.26. The largest absolute Gasteiger partial charge is 0.466 e. The number of aromatic nitrogens is 2. The quantitative estimate of drug-likeness (QED) is 0.538. The molecule has 0 saturated carbocycles. The van der Waals surface area contributed by atoms with Crippen LogP contribution in [0.4, 0.5) is 5.69 Å². The molecule has 30 heavy (non-hydrogen) atoms. The van der Waals surface area contributed by atoms with Gasteiger partial charge in [-0.25, -0.2) is 4.98 Å². The van der Waals surface area contributed by atoms with Crippen LogP contribution in [-0.2, 0) is 19.6 Å². The lowest BCUT2D eigenvalue weighted by atomic mass is 10.2. The van der Waals surface area contributed by atoms with Crippen LogP contribution < -0.4 is 4.31 Å². The van der Waals surface area contributed by atoms with E-state index >= 15 is 0 Å². The van der Waals surface area contributed by atoms with E-state index in [4.69, 9.17) is 4.74 Å².